The Labute approximate surface area is 92.5 Å². The van der Waals surface area contributed by atoms with Crippen molar-refractivity contribution in [1.82, 2.24) is 0 Å². The highest BCUT2D eigenvalue weighted by Crippen LogP contribution is 2.28. The third-order valence-electron chi connectivity index (χ3n) is 2.49. The van der Waals surface area contributed by atoms with Crippen LogP contribution in [0.5, 0.6) is 0 Å². The standard InChI is InChI=1S/C14H18O/c1-12(11-15)9-14(2,3)10-13-7-5-4-6-8-13/h1,4-8,11-12H,9-10H2,2-3H3/t12-/m0/s1. The molecule has 1 aromatic carbocycles. The number of hydrogen-bond donors (Lipinski definition) is 0. The van der Waals surface area contributed by atoms with E-state index in [1.165, 1.54) is 5.56 Å². The lowest BCUT2D eigenvalue weighted by Crippen LogP contribution is -2.19. The van der Waals surface area contributed by atoms with Gasteiger partial charge in [-0.1, -0.05) is 44.2 Å². The zero-order chi connectivity index (χ0) is 11.3. The Morgan fingerprint density at radius 3 is 2.47 bits per heavy atom. The second-order valence-corrected chi connectivity index (χ2v) is 4.83. The molecule has 0 bridgehead atoms. The fourth-order valence-corrected chi connectivity index (χ4v) is 1.91. The van der Waals surface area contributed by atoms with Crippen LogP contribution in [0, 0.1) is 18.3 Å². The summed E-state index contributed by atoms with van der Waals surface area (Å²) >= 11 is 0. The zero-order valence-corrected chi connectivity index (χ0v) is 9.44. The highest BCUT2D eigenvalue weighted by atomic mass is 16.1. The van der Waals surface area contributed by atoms with Gasteiger partial charge in [0.15, 0.2) is 0 Å². The van der Waals surface area contributed by atoms with Crippen LogP contribution in [0.25, 0.3) is 0 Å². The van der Waals surface area contributed by atoms with E-state index in [-0.39, 0.29) is 11.3 Å². The van der Waals surface area contributed by atoms with E-state index < -0.39 is 0 Å². The molecule has 1 aromatic rings. The first-order valence-corrected chi connectivity index (χ1v) is 5.28. The summed E-state index contributed by atoms with van der Waals surface area (Å²) in [6, 6.07) is 10.3. The van der Waals surface area contributed by atoms with E-state index in [2.05, 4.69) is 26.0 Å². The topological polar surface area (TPSA) is 17.1 Å². The van der Waals surface area contributed by atoms with E-state index in [1.54, 1.807) is 0 Å². The molecule has 1 atom stereocenters. The number of carbonyl (C=O) groups is 1. The molecular weight excluding hydrogens is 184 g/mol. The van der Waals surface area contributed by atoms with Gasteiger partial charge in [0.1, 0.15) is 6.29 Å². The molecule has 0 heterocycles. The van der Waals surface area contributed by atoms with Crippen molar-refractivity contribution in [2.75, 3.05) is 0 Å². The predicted molar refractivity (Wildman–Crippen MR) is 62.4 cm³/mol. The van der Waals surface area contributed by atoms with Crippen LogP contribution < -0.4 is 0 Å². The van der Waals surface area contributed by atoms with E-state index in [1.807, 2.05) is 18.2 Å². The van der Waals surface area contributed by atoms with E-state index in [0.717, 1.165) is 19.1 Å². The molecular formula is C14H18O. The molecule has 0 aliphatic heterocycles. The van der Waals surface area contributed by atoms with Crippen molar-refractivity contribution < 1.29 is 4.79 Å². The minimum absolute atomic E-state index is 0.0711. The minimum Gasteiger partial charge on any atom is -0.303 e. The van der Waals surface area contributed by atoms with Crippen molar-refractivity contribution >= 4 is 6.29 Å². The first-order valence-electron chi connectivity index (χ1n) is 5.28. The van der Waals surface area contributed by atoms with Gasteiger partial charge in [0.2, 0.25) is 0 Å². The zero-order valence-electron chi connectivity index (χ0n) is 9.44. The molecule has 0 aromatic heterocycles. The van der Waals surface area contributed by atoms with E-state index >= 15 is 0 Å². The van der Waals surface area contributed by atoms with Crippen LogP contribution in [-0.2, 0) is 11.2 Å². The third-order valence-corrected chi connectivity index (χ3v) is 2.49. The van der Waals surface area contributed by atoms with Crippen molar-refractivity contribution in [2.24, 2.45) is 11.3 Å². The number of benzene rings is 1. The Hall–Kier alpha value is -1.11. The molecule has 0 aliphatic rings. The quantitative estimate of drug-likeness (QED) is 0.670. The molecule has 0 N–H and O–H groups in total. The molecule has 1 rings (SSSR count). The molecule has 0 saturated carbocycles. The maximum absolute atomic E-state index is 10.5. The van der Waals surface area contributed by atoms with Crippen molar-refractivity contribution in [1.29, 1.82) is 0 Å². The van der Waals surface area contributed by atoms with Gasteiger partial charge in [0.05, 0.1) is 0 Å². The van der Waals surface area contributed by atoms with Gasteiger partial charge < -0.3 is 4.79 Å². The summed E-state index contributed by atoms with van der Waals surface area (Å²) in [7, 11) is 0. The highest BCUT2D eigenvalue weighted by molar-refractivity contribution is 5.54. The third kappa shape index (κ3) is 4.28. The molecule has 0 spiro atoms. The fraction of sp³-hybridized carbons (Fsp3) is 0.429. The van der Waals surface area contributed by atoms with Crippen LogP contribution in [-0.4, -0.2) is 6.29 Å². The number of rotatable bonds is 5. The van der Waals surface area contributed by atoms with Gasteiger partial charge in [-0.3, -0.25) is 0 Å². The molecule has 1 heteroatoms. The molecule has 1 nitrogen and oxygen atoms in total. The summed E-state index contributed by atoms with van der Waals surface area (Å²) in [5.41, 5.74) is 1.36. The Morgan fingerprint density at radius 2 is 1.93 bits per heavy atom. The van der Waals surface area contributed by atoms with Gasteiger partial charge in [-0.2, -0.15) is 0 Å². The molecule has 2 radical (unpaired) electrons. The Bertz CT molecular complexity index is 300. The van der Waals surface area contributed by atoms with Crippen molar-refractivity contribution in [3.05, 3.63) is 42.8 Å². The SMILES string of the molecule is [CH][C@H](C=O)CC(C)(C)Cc1ccccc1. The van der Waals surface area contributed by atoms with E-state index in [9.17, 15) is 4.79 Å². The minimum atomic E-state index is -0.344. The monoisotopic (exact) mass is 202 g/mol. The van der Waals surface area contributed by atoms with Crippen LogP contribution in [0.15, 0.2) is 30.3 Å². The van der Waals surface area contributed by atoms with Gasteiger partial charge in [-0.15, -0.1) is 0 Å². The lowest BCUT2D eigenvalue weighted by atomic mass is 9.79. The van der Waals surface area contributed by atoms with Gasteiger partial charge >= 0.3 is 0 Å². The second kappa shape index (κ2) is 5.11. The van der Waals surface area contributed by atoms with Crippen molar-refractivity contribution in [3.63, 3.8) is 0 Å². The summed E-state index contributed by atoms with van der Waals surface area (Å²) in [4.78, 5) is 10.5. The average Bonchev–Trinajstić information content (AvgIpc) is 2.17. The van der Waals surface area contributed by atoms with Crippen molar-refractivity contribution in [2.45, 2.75) is 26.7 Å². The lowest BCUT2D eigenvalue weighted by molar-refractivity contribution is -0.110. The maximum Gasteiger partial charge on any atom is 0.123 e. The van der Waals surface area contributed by atoms with Gasteiger partial charge in [0, 0.05) is 5.92 Å². The lowest BCUT2D eigenvalue weighted by Gasteiger charge is -2.26. The van der Waals surface area contributed by atoms with Crippen LogP contribution in [0.3, 0.4) is 0 Å². The first kappa shape index (κ1) is 12.0. The summed E-state index contributed by atoms with van der Waals surface area (Å²) in [5.74, 6) is -0.344. The number of carbonyl (C=O) groups excluding carboxylic acids is 1. The summed E-state index contributed by atoms with van der Waals surface area (Å²) in [6.45, 7) is 9.93. The fourth-order valence-electron chi connectivity index (χ4n) is 1.91. The summed E-state index contributed by atoms with van der Waals surface area (Å²) in [5, 5.41) is 0. The summed E-state index contributed by atoms with van der Waals surface area (Å²) < 4.78 is 0. The van der Waals surface area contributed by atoms with Gasteiger partial charge in [0.25, 0.3) is 0 Å². The van der Waals surface area contributed by atoms with Crippen molar-refractivity contribution in [3.8, 4) is 0 Å². The van der Waals surface area contributed by atoms with Crippen LogP contribution in [0.4, 0.5) is 0 Å². The smallest absolute Gasteiger partial charge is 0.123 e. The molecule has 0 unspecified atom stereocenters. The van der Waals surface area contributed by atoms with Crippen LogP contribution in [0.1, 0.15) is 25.8 Å². The molecule has 15 heavy (non-hydrogen) atoms. The first-order chi connectivity index (χ1) is 7.03. The largest absolute Gasteiger partial charge is 0.303 e. The van der Waals surface area contributed by atoms with E-state index in [0.29, 0.717) is 0 Å². The molecule has 80 valence electrons. The summed E-state index contributed by atoms with van der Waals surface area (Å²) in [6.07, 6.45) is 2.51. The Kier molecular flexibility index (Phi) is 4.07. The van der Waals surface area contributed by atoms with Gasteiger partial charge in [-0.05, 0) is 30.7 Å². The molecule has 0 aliphatic carbocycles. The maximum atomic E-state index is 10.5. The normalized spacial score (nSPS) is 13.5. The molecule has 0 fully saturated rings. The second-order valence-electron chi connectivity index (χ2n) is 4.83. The Balaban J connectivity index is 2.60. The van der Waals surface area contributed by atoms with Gasteiger partial charge in [-0.25, -0.2) is 0 Å². The Morgan fingerprint density at radius 1 is 1.33 bits per heavy atom. The molecule has 0 saturated heterocycles. The number of aldehydes is 1. The average molecular weight is 202 g/mol. The van der Waals surface area contributed by atoms with Crippen LogP contribution in [0.2, 0.25) is 0 Å². The van der Waals surface area contributed by atoms with E-state index in [4.69, 9.17) is 6.92 Å². The van der Waals surface area contributed by atoms with Crippen LogP contribution >= 0.6 is 0 Å². The molecule has 0 amide bonds. The predicted octanol–water partition coefficient (Wildman–Crippen LogP) is 3.17. The number of hydrogen-bond acceptors (Lipinski definition) is 1. The highest BCUT2D eigenvalue weighted by Gasteiger charge is 2.21.